The van der Waals surface area contributed by atoms with E-state index in [0.29, 0.717) is 5.75 Å². The van der Waals surface area contributed by atoms with Crippen molar-refractivity contribution in [3.8, 4) is 5.75 Å². The van der Waals surface area contributed by atoms with Crippen LogP contribution in [0.4, 0.5) is 0 Å². The van der Waals surface area contributed by atoms with Crippen molar-refractivity contribution in [2.45, 2.75) is 0 Å². The maximum Gasteiger partial charge on any atom is 0.336 e. The van der Waals surface area contributed by atoms with Crippen molar-refractivity contribution in [1.82, 2.24) is 0 Å². The molecule has 0 aliphatic heterocycles. The predicted molar refractivity (Wildman–Crippen MR) is 92.0 cm³/mol. The molecule has 2 nitrogen and oxygen atoms in total. The number of benzene rings is 3. The highest BCUT2D eigenvalue weighted by Crippen LogP contribution is 2.23. The molecule has 3 rings (SSSR count). The van der Waals surface area contributed by atoms with Crippen molar-refractivity contribution in [1.29, 1.82) is 0 Å². The molecule has 112 valence electrons. The van der Waals surface area contributed by atoms with Crippen molar-refractivity contribution in [2.75, 3.05) is 0 Å². The number of carbonyl (C=O) groups excluding carboxylic acids is 1. The van der Waals surface area contributed by atoms with Crippen LogP contribution in [-0.2, 0) is 4.79 Å². The molecule has 0 radical (unpaired) electrons. The summed E-state index contributed by atoms with van der Waals surface area (Å²) in [6.07, 6.45) is 1.54. The number of para-hydroxylation sites is 1. The van der Waals surface area contributed by atoms with Crippen LogP contribution in [0.5, 0.6) is 5.75 Å². The van der Waals surface area contributed by atoms with Crippen molar-refractivity contribution >= 4 is 11.5 Å². The van der Waals surface area contributed by atoms with Gasteiger partial charge in [0.05, 0.1) is 0 Å². The van der Waals surface area contributed by atoms with Crippen molar-refractivity contribution in [3.05, 3.63) is 108 Å². The van der Waals surface area contributed by atoms with Crippen LogP contribution >= 0.6 is 0 Å². The Morgan fingerprint density at radius 2 is 1.09 bits per heavy atom. The zero-order valence-corrected chi connectivity index (χ0v) is 12.6. The van der Waals surface area contributed by atoms with E-state index in [4.69, 9.17) is 4.74 Å². The molecule has 0 saturated heterocycles. The van der Waals surface area contributed by atoms with Crippen LogP contribution in [0, 0.1) is 0 Å². The summed E-state index contributed by atoms with van der Waals surface area (Å²) in [5.74, 6) is 0.146. The molecule has 0 atom stereocenters. The van der Waals surface area contributed by atoms with Crippen molar-refractivity contribution in [2.24, 2.45) is 0 Å². The van der Waals surface area contributed by atoms with E-state index in [1.165, 1.54) is 6.08 Å². The van der Waals surface area contributed by atoms with E-state index < -0.39 is 0 Å². The first-order chi connectivity index (χ1) is 11.3. The first kappa shape index (κ1) is 14.8. The van der Waals surface area contributed by atoms with Crippen molar-refractivity contribution in [3.63, 3.8) is 0 Å². The van der Waals surface area contributed by atoms with Crippen LogP contribution in [0.2, 0.25) is 0 Å². The molecular formula is C21H16O2. The van der Waals surface area contributed by atoms with E-state index in [-0.39, 0.29) is 5.97 Å². The van der Waals surface area contributed by atoms with Gasteiger partial charge in [-0.3, -0.25) is 0 Å². The third-order valence-corrected chi connectivity index (χ3v) is 3.39. The average Bonchev–Trinajstić information content (AvgIpc) is 2.62. The summed E-state index contributed by atoms with van der Waals surface area (Å²) < 4.78 is 5.37. The Hall–Kier alpha value is -3.13. The van der Waals surface area contributed by atoms with E-state index in [1.807, 2.05) is 78.9 Å². The normalized spacial score (nSPS) is 9.91. The molecule has 0 unspecified atom stereocenters. The summed E-state index contributed by atoms with van der Waals surface area (Å²) in [6.45, 7) is 0. The quantitative estimate of drug-likeness (QED) is 0.396. The number of hydrogen-bond donors (Lipinski definition) is 0. The van der Waals surface area contributed by atoms with Gasteiger partial charge in [0.1, 0.15) is 5.75 Å². The number of esters is 1. The van der Waals surface area contributed by atoms with Crippen LogP contribution in [0.3, 0.4) is 0 Å². The molecule has 2 heteroatoms. The van der Waals surface area contributed by atoms with Gasteiger partial charge in [-0.2, -0.15) is 0 Å². The summed E-state index contributed by atoms with van der Waals surface area (Å²) in [5.41, 5.74) is 2.79. The van der Waals surface area contributed by atoms with Gasteiger partial charge in [-0.05, 0) is 28.8 Å². The Kier molecular flexibility index (Phi) is 4.65. The maximum atomic E-state index is 12.3. The summed E-state index contributed by atoms with van der Waals surface area (Å²) in [7, 11) is 0. The minimum absolute atomic E-state index is 0.390. The molecule has 0 aromatic heterocycles. The minimum Gasteiger partial charge on any atom is -0.423 e. The molecule has 0 aliphatic rings. The lowest BCUT2D eigenvalue weighted by atomic mass is 9.98. The number of carbonyl (C=O) groups is 1. The van der Waals surface area contributed by atoms with Crippen molar-refractivity contribution < 1.29 is 9.53 Å². The van der Waals surface area contributed by atoms with Gasteiger partial charge in [0.2, 0.25) is 0 Å². The molecule has 23 heavy (non-hydrogen) atoms. The van der Waals surface area contributed by atoms with Gasteiger partial charge in [-0.25, -0.2) is 4.79 Å². The molecule has 3 aromatic carbocycles. The Bertz CT molecular complexity index is 750. The minimum atomic E-state index is -0.390. The first-order valence-corrected chi connectivity index (χ1v) is 7.42. The maximum absolute atomic E-state index is 12.3. The van der Waals surface area contributed by atoms with Crippen LogP contribution in [0.15, 0.2) is 97.1 Å². The second-order valence-electron chi connectivity index (χ2n) is 5.02. The van der Waals surface area contributed by atoms with Gasteiger partial charge in [0.25, 0.3) is 0 Å². The molecule has 3 aromatic rings. The Morgan fingerprint density at radius 1 is 0.652 bits per heavy atom. The fourth-order valence-corrected chi connectivity index (χ4v) is 2.32. The van der Waals surface area contributed by atoms with E-state index >= 15 is 0 Å². The number of rotatable bonds is 4. The molecule has 0 fully saturated rings. The van der Waals surface area contributed by atoms with Gasteiger partial charge in [-0.15, -0.1) is 0 Å². The SMILES string of the molecule is O=C(C=C(c1ccccc1)c1ccccc1)Oc1ccccc1. The fourth-order valence-electron chi connectivity index (χ4n) is 2.32. The predicted octanol–water partition coefficient (Wildman–Crippen LogP) is 4.72. The Labute approximate surface area is 135 Å². The van der Waals surface area contributed by atoms with E-state index in [2.05, 4.69) is 0 Å². The summed E-state index contributed by atoms with van der Waals surface area (Å²) in [4.78, 5) is 12.3. The topological polar surface area (TPSA) is 26.3 Å². The lowest BCUT2D eigenvalue weighted by Gasteiger charge is -2.08. The van der Waals surface area contributed by atoms with Crippen LogP contribution in [0.25, 0.3) is 5.57 Å². The fraction of sp³-hybridized carbons (Fsp3) is 0. The van der Waals surface area contributed by atoms with Gasteiger partial charge >= 0.3 is 5.97 Å². The summed E-state index contributed by atoms with van der Waals surface area (Å²) in [6, 6.07) is 28.7. The molecule has 0 N–H and O–H groups in total. The third kappa shape index (κ3) is 3.95. The van der Waals surface area contributed by atoms with Gasteiger partial charge < -0.3 is 4.74 Å². The molecule has 0 saturated carbocycles. The highest BCUT2D eigenvalue weighted by atomic mass is 16.5. The lowest BCUT2D eigenvalue weighted by Crippen LogP contribution is -2.05. The van der Waals surface area contributed by atoms with Crippen LogP contribution < -0.4 is 4.74 Å². The monoisotopic (exact) mass is 300 g/mol. The summed E-state index contributed by atoms with van der Waals surface area (Å²) >= 11 is 0. The molecule has 0 aliphatic carbocycles. The highest BCUT2D eigenvalue weighted by molar-refractivity contribution is 5.97. The average molecular weight is 300 g/mol. The Balaban J connectivity index is 1.93. The molecular weight excluding hydrogens is 284 g/mol. The highest BCUT2D eigenvalue weighted by Gasteiger charge is 2.09. The summed E-state index contributed by atoms with van der Waals surface area (Å²) in [5, 5.41) is 0. The van der Waals surface area contributed by atoms with E-state index in [1.54, 1.807) is 12.1 Å². The molecule has 0 spiro atoms. The van der Waals surface area contributed by atoms with Gasteiger partial charge in [0.15, 0.2) is 0 Å². The zero-order chi connectivity index (χ0) is 15.9. The third-order valence-electron chi connectivity index (χ3n) is 3.39. The smallest absolute Gasteiger partial charge is 0.336 e. The standard InChI is InChI=1S/C21H16O2/c22-21(23-19-14-8-3-9-15-19)16-20(17-10-4-1-5-11-17)18-12-6-2-7-13-18/h1-16H. The first-order valence-electron chi connectivity index (χ1n) is 7.42. The molecule has 0 amide bonds. The van der Waals surface area contributed by atoms with Gasteiger partial charge in [-0.1, -0.05) is 78.9 Å². The van der Waals surface area contributed by atoms with E-state index in [0.717, 1.165) is 16.7 Å². The van der Waals surface area contributed by atoms with Crippen LogP contribution in [0.1, 0.15) is 11.1 Å². The second kappa shape index (κ2) is 7.23. The lowest BCUT2D eigenvalue weighted by molar-refractivity contribution is -0.128. The van der Waals surface area contributed by atoms with Gasteiger partial charge in [0, 0.05) is 6.08 Å². The molecule has 0 bridgehead atoms. The largest absolute Gasteiger partial charge is 0.423 e. The van der Waals surface area contributed by atoms with Crippen LogP contribution in [-0.4, -0.2) is 5.97 Å². The Morgan fingerprint density at radius 3 is 1.57 bits per heavy atom. The second-order valence-corrected chi connectivity index (χ2v) is 5.02. The van der Waals surface area contributed by atoms with E-state index in [9.17, 15) is 4.79 Å². The number of ether oxygens (including phenoxy) is 1. The molecule has 0 heterocycles. The number of hydrogen-bond acceptors (Lipinski definition) is 2. The zero-order valence-electron chi connectivity index (χ0n) is 12.6.